The van der Waals surface area contributed by atoms with Crippen molar-refractivity contribution in [2.45, 2.75) is 6.54 Å². The van der Waals surface area contributed by atoms with Crippen molar-refractivity contribution >= 4 is 22.4 Å². The SMILES string of the molecule is O=C(O)c1ncccc1NCc1cccc2ccccc12. The fraction of sp³-hybridized carbons (Fsp3) is 0.0588. The lowest BCUT2D eigenvalue weighted by molar-refractivity contribution is 0.0691. The van der Waals surface area contributed by atoms with E-state index in [4.69, 9.17) is 5.11 Å². The van der Waals surface area contributed by atoms with E-state index in [1.807, 2.05) is 24.3 Å². The fourth-order valence-corrected chi connectivity index (χ4v) is 2.36. The van der Waals surface area contributed by atoms with E-state index >= 15 is 0 Å². The van der Waals surface area contributed by atoms with Gasteiger partial charge in [-0.05, 0) is 28.5 Å². The zero-order valence-electron chi connectivity index (χ0n) is 11.3. The molecule has 0 amide bonds. The Bertz CT molecular complexity index is 794. The average Bonchev–Trinajstić information content (AvgIpc) is 2.53. The van der Waals surface area contributed by atoms with E-state index in [2.05, 4.69) is 28.5 Å². The second-order valence-electron chi connectivity index (χ2n) is 4.70. The summed E-state index contributed by atoms with van der Waals surface area (Å²) in [5.41, 5.74) is 1.68. The van der Waals surface area contributed by atoms with Crippen LogP contribution in [-0.2, 0) is 6.54 Å². The Kier molecular flexibility index (Phi) is 3.51. The number of hydrogen-bond donors (Lipinski definition) is 2. The van der Waals surface area contributed by atoms with Gasteiger partial charge in [0.05, 0.1) is 5.69 Å². The van der Waals surface area contributed by atoms with Crippen molar-refractivity contribution in [1.82, 2.24) is 4.98 Å². The van der Waals surface area contributed by atoms with Gasteiger partial charge >= 0.3 is 5.97 Å². The summed E-state index contributed by atoms with van der Waals surface area (Å²) in [5, 5.41) is 14.6. The molecule has 0 radical (unpaired) electrons. The lowest BCUT2D eigenvalue weighted by Gasteiger charge is -2.10. The Morgan fingerprint density at radius 1 is 1.05 bits per heavy atom. The standard InChI is InChI=1S/C17H14N2O2/c20-17(21)16-15(9-4-10-18-16)19-11-13-7-3-6-12-5-1-2-8-14(12)13/h1-10,19H,11H2,(H,20,21). The number of carbonyl (C=O) groups is 1. The van der Waals surface area contributed by atoms with Gasteiger partial charge in [-0.2, -0.15) is 0 Å². The van der Waals surface area contributed by atoms with Gasteiger partial charge in [-0.15, -0.1) is 0 Å². The van der Waals surface area contributed by atoms with Crippen molar-refractivity contribution in [1.29, 1.82) is 0 Å². The minimum Gasteiger partial charge on any atom is -0.476 e. The van der Waals surface area contributed by atoms with E-state index in [0.29, 0.717) is 12.2 Å². The summed E-state index contributed by atoms with van der Waals surface area (Å²) in [4.78, 5) is 15.0. The zero-order chi connectivity index (χ0) is 14.7. The van der Waals surface area contributed by atoms with Gasteiger partial charge in [0, 0.05) is 12.7 Å². The molecule has 104 valence electrons. The van der Waals surface area contributed by atoms with Gasteiger partial charge < -0.3 is 10.4 Å². The molecular formula is C17H14N2O2. The second kappa shape index (κ2) is 5.63. The third kappa shape index (κ3) is 2.69. The number of carboxylic acid groups (broad SMARTS) is 1. The summed E-state index contributed by atoms with van der Waals surface area (Å²) in [5.74, 6) is -1.03. The highest BCUT2D eigenvalue weighted by Gasteiger charge is 2.10. The van der Waals surface area contributed by atoms with Crippen LogP contribution in [-0.4, -0.2) is 16.1 Å². The first kappa shape index (κ1) is 13.1. The van der Waals surface area contributed by atoms with Gasteiger partial charge in [0.25, 0.3) is 0 Å². The molecule has 0 aliphatic carbocycles. The zero-order valence-corrected chi connectivity index (χ0v) is 11.3. The number of benzene rings is 2. The molecule has 3 rings (SSSR count). The maximum atomic E-state index is 11.1. The maximum absolute atomic E-state index is 11.1. The van der Waals surface area contributed by atoms with Gasteiger partial charge in [-0.1, -0.05) is 42.5 Å². The molecule has 0 bridgehead atoms. The second-order valence-corrected chi connectivity index (χ2v) is 4.70. The number of nitrogens with zero attached hydrogens (tertiary/aromatic N) is 1. The molecule has 2 N–H and O–H groups in total. The van der Waals surface area contributed by atoms with Crippen LogP contribution in [0.3, 0.4) is 0 Å². The summed E-state index contributed by atoms with van der Waals surface area (Å²) in [6.45, 7) is 0.549. The van der Waals surface area contributed by atoms with Gasteiger partial charge in [-0.3, -0.25) is 0 Å². The molecule has 0 aliphatic rings. The number of anilines is 1. The Morgan fingerprint density at radius 3 is 2.71 bits per heavy atom. The van der Waals surface area contributed by atoms with Crippen LogP contribution in [0.1, 0.15) is 16.1 Å². The number of fused-ring (bicyclic) bond motifs is 1. The van der Waals surface area contributed by atoms with Crippen LogP contribution in [0.25, 0.3) is 10.8 Å². The third-order valence-electron chi connectivity index (χ3n) is 3.36. The van der Waals surface area contributed by atoms with E-state index in [0.717, 1.165) is 10.9 Å². The lowest BCUT2D eigenvalue weighted by atomic mass is 10.0. The van der Waals surface area contributed by atoms with Crippen LogP contribution >= 0.6 is 0 Å². The van der Waals surface area contributed by atoms with Crippen LogP contribution in [0.15, 0.2) is 60.8 Å². The number of nitrogens with one attached hydrogen (secondary N) is 1. The molecule has 1 heterocycles. The van der Waals surface area contributed by atoms with Crippen molar-refractivity contribution in [2.24, 2.45) is 0 Å². The minimum absolute atomic E-state index is 0.0396. The molecule has 3 aromatic rings. The summed E-state index contributed by atoms with van der Waals surface area (Å²) >= 11 is 0. The molecule has 0 unspecified atom stereocenters. The monoisotopic (exact) mass is 278 g/mol. The van der Waals surface area contributed by atoms with Gasteiger partial charge in [0.2, 0.25) is 0 Å². The first-order valence-electron chi connectivity index (χ1n) is 6.64. The predicted molar refractivity (Wildman–Crippen MR) is 82.5 cm³/mol. The molecule has 21 heavy (non-hydrogen) atoms. The van der Waals surface area contributed by atoms with E-state index in [1.54, 1.807) is 12.1 Å². The van der Waals surface area contributed by atoms with E-state index in [-0.39, 0.29) is 5.69 Å². The topological polar surface area (TPSA) is 62.2 Å². The van der Waals surface area contributed by atoms with Crippen LogP contribution in [0.4, 0.5) is 5.69 Å². The molecule has 2 aromatic carbocycles. The predicted octanol–water partition coefficient (Wildman–Crippen LogP) is 3.55. The quantitative estimate of drug-likeness (QED) is 0.766. The molecule has 1 aromatic heterocycles. The van der Waals surface area contributed by atoms with Crippen LogP contribution in [0, 0.1) is 0 Å². The van der Waals surface area contributed by atoms with E-state index in [9.17, 15) is 4.79 Å². The number of aromatic nitrogens is 1. The van der Waals surface area contributed by atoms with Crippen LogP contribution in [0.5, 0.6) is 0 Å². The van der Waals surface area contributed by atoms with Gasteiger partial charge in [-0.25, -0.2) is 9.78 Å². The average molecular weight is 278 g/mol. The Morgan fingerprint density at radius 2 is 1.86 bits per heavy atom. The third-order valence-corrected chi connectivity index (χ3v) is 3.36. The Balaban J connectivity index is 1.89. The highest BCUT2D eigenvalue weighted by Crippen LogP contribution is 2.20. The summed E-state index contributed by atoms with van der Waals surface area (Å²) in [7, 11) is 0. The number of pyridine rings is 1. The molecule has 0 saturated carbocycles. The van der Waals surface area contributed by atoms with Crippen LogP contribution in [0.2, 0.25) is 0 Å². The van der Waals surface area contributed by atoms with Crippen molar-refractivity contribution < 1.29 is 9.90 Å². The fourth-order valence-electron chi connectivity index (χ4n) is 2.36. The van der Waals surface area contributed by atoms with E-state index in [1.165, 1.54) is 11.6 Å². The minimum atomic E-state index is -1.03. The maximum Gasteiger partial charge on any atom is 0.356 e. The lowest BCUT2D eigenvalue weighted by Crippen LogP contribution is -2.08. The summed E-state index contributed by atoms with van der Waals surface area (Å²) in [6, 6.07) is 17.7. The Labute approximate surface area is 122 Å². The van der Waals surface area contributed by atoms with Crippen molar-refractivity contribution in [2.75, 3.05) is 5.32 Å². The van der Waals surface area contributed by atoms with Gasteiger partial charge in [0.1, 0.15) is 0 Å². The molecule has 4 nitrogen and oxygen atoms in total. The first-order chi connectivity index (χ1) is 10.3. The van der Waals surface area contributed by atoms with Crippen molar-refractivity contribution in [3.63, 3.8) is 0 Å². The highest BCUT2D eigenvalue weighted by atomic mass is 16.4. The van der Waals surface area contributed by atoms with Crippen LogP contribution < -0.4 is 5.32 Å². The number of carboxylic acids is 1. The van der Waals surface area contributed by atoms with Crippen molar-refractivity contribution in [3.8, 4) is 0 Å². The molecule has 0 spiro atoms. The number of rotatable bonds is 4. The van der Waals surface area contributed by atoms with Gasteiger partial charge in [0.15, 0.2) is 5.69 Å². The molecule has 4 heteroatoms. The molecule has 0 atom stereocenters. The molecule has 0 fully saturated rings. The normalized spacial score (nSPS) is 10.5. The first-order valence-corrected chi connectivity index (χ1v) is 6.64. The van der Waals surface area contributed by atoms with E-state index < -0.39 is 5.97 Å². The smallest absolute Gasteiger partial charge is 0.356 e. The molecule has 0 aliphatic heterocycles. The highest BCUT2D eigenvalue weighted by molar-refractivity contribution is 5.92. The number of aromatic carboxylic acids is 1. The van der Waals surface area contributed by atoms with Crippen molar-refractivity contribution in [3.05, 3.63) is 72.1 Å². The number of hydrogen-bond acceptors (Lipinski definition) is 3. The summed E-state index contributed by atoms with van der Waals surface area (Å²) < 4.78 is 0. The largest absolute Gasteiger partial charge is 0.476 e. The molecule has 0 saturated heterocycles. The summed E-state index contributed by atoms with van der Waals surface area (Å²) in [6.07, 6.45) is 1.48. The molecular weight excluding hydrogens is 264 g/mol. The Hall–Kier alpha value is -2.88.